The van der Waals surface area contributed by atoms with E-state index >= 15 is 0 Å². The summed E-state index contributed by atoms with van der Waals surface area (Å²) in [6, 6.07) is 7.92. The van der Waals surface area contributed by atoms with Gasteiger partial charge in [0, 0.05) is 11.9 Å². The number of benzene rings is 1. The summed E-state index contributed by atoms with van der Waals surface area (Å²) in [5, 5.41) is 17.8. The highest BCUT2D eigenvalue weighted by Gasteiger charge is 2.07. The van der Waals surface area contributed by atoms with Crippen LogP contribution in [-0.4, -0.2) is 14.8 Å². The molecule has 2 rings (SSSR count). The van der Waals surface area contributed by atoms with Gasteiger partial charge in [0.1, 0.15) is 5.82 Å². The van der Waals surface area contributed by atoms with Crippen LogP contribution in [0.1, 0.15) is 17.0 Å². The molecule has 0 saturated heterocycles. The van der Waals surface area contributed by atoms with Crippen LogP contribution in [-0.2, 0) is 7.05 Å². The second-order valence-corrected chi connectivity index (χ2v) is 4.82. The van der Waals surface area contributed by atoms with Crippen molar-refractivity contribution < 1.29 is 0 Å². The van der Waals surface area contributed by atoms with E-state index in [9.17, 15) is 0 Å². The Balaban J connectivity index is 2.29. The van der Waals surface area contributed by atoms with E-state index in [-0.39, 0.29) is 0 Å². The third kappa shape index (κ3) is 2.32. The lowest BCUT2D eigenvalue weighted by Gasteiger charge is -2.03. The molecule has 0 atom stereocenters. The van der Waals surface area contributed by atoms with Crippen molar-refractivity contribution >= 4 is 11.8 Å². The quantitative estimate of drug-likeness (QED) is 0.814. The summed E-state index contributed by atoms with van der Waals surface area (Å²) < 4.78 is 1.94. The van der Waals surface area contributed by atoms with Gasteiger partial charge in [0.25, 0.3) is 0 Å². The van der Waals surface area contributed by atoms with E-state index in [0.717, 1.165) is 21.4 Å². The van der Waals surface area contributed by atoms with Gasteiger partial charge < -0.3 is 4.57 Å². The van der Waals surface area contributed by atoms with Gasteiger partial charge in [-0.2, -0.15) is 5.26 Å². The van der Waals surface area contributed by atoms with E-state index in [1.54, 1.807) is 11.8 Å². The average molecular weight is 244 g/mol. The molecule has 0 N–H and O–H groups in total. The van der Waals surface area contributed by atoms with E-state index < -0.39 is 0 Å². The van der Waals surface area contributed by atoms with Crippen molar-refractivity contribution in [1.29, 1.82) is 5.26 Å². The minimum absolute atomic E-state index is 0.712. The fourth-order valence-electron chi connectivity index (χ4n) is 1.41. The molecule has 2 aromatic rings. The molecule has 0 unspecified atom stereocenters. The highest BCUT2D eigenvalue weighted by molar-refractivity contribution is 7.99. The molecule has 86 valence electrons. The van der Waals surface area contributed by atoms with Gasteiger partial charge >= 0.3 is 0 Å². The van der Waals surface area contributed by atoms with Crippen LogP contribution in [0, 0.1) is 25.2 Å². The molecule has 0 saturated carbocycles. The third-order valence-electron chi connectivity index (χ3n) is 2.58. The van der Waals surface area contributed by atoms with Crippen LogP contribution in [0.5, 0.6) is 0 Å². The smallest absolute Gasteiger partial charge is 0.195 e. The lowest BCUT2D eigenvalue weighted by molar-refractivity contribution is 0.765. The molecule has 1 aromatic carbocycles. The summed E-state index contributed by atoms with van der Waals surface area (Å²) in [6.45, 7) is 3.85. The number of rotatable bonds is 2. The third-order valence-corrected chi connectivity index (χ3v) is 3.61. The molecular weight excluding hydrogens is 232 g/mol. The normalized spacial score (nSPS) is 10.2. The van der Waals surface area contributed by atoms with Crippen LogP contribution < -0.4 is 0 Å². The minimum Gasteiger partial charge on any atom is -0.309 e. The van der Waals surface area contributed by atoms with Crippen molar-refractivity contribution in [3.63, 3.8) is 0 Å². The maximum Gasteiger partial charge on any atom is 0.195 e. The van der Waals surface area contributed by atoms with Gasteiger partial charge in [0.05, 0.1) is 11.6 Å². The van der Waals surface area contributed by atoms with Crippen LogP contribution in [0.3, 0.4) is 0 Å². The SMILES string of the molecule is Cc1cc(Sc2nnc(C)n2C)ccc1C#N. The van der Waals surface area contributed by atoms with Gasteiger partial charge in [-0.15, -0.1) is 10.2 Å². The predicted molar refractivity (Wildman–Crippen MR) is 65.8 cm³/mol. The largest absolute Gasteiger partial charge is 0.309 e. The van der Waals surface area contributed by atoms with E-state index in [1.807, 2.05) is 43.7 Å². The molecule has 1 aromatic heterocycles. The Kier molecular flexibility index (Phi) is 3.16. The van der Waals surface area contributed by atoms with Gasteiger partial charge in [-0.1, -0.05) is 0 Å². The second kappa shape index (κ2) is 4.60. The van der Waals surface area contributed by atoms with Crippen LogP contribution in [0.4, 0.5) is 0 Å². The first kappa shape index (κ1) is 11.7. The average Bonchev–Trinajstić information content (AvgIpc) is 2.61. The van der Waals surface area contributed by atoms with Crippen molar-refractivity contribution in [3.8, 4) is 6.07 Å². The zero-order valence-corrected chi connectivity index (χ0v) is 10.7. The van der Waals surface area contributed by atoms with Gasteiger partial charge in [-0.05, 0) is 49.4 Å². The molecule has 0 aliphatic heterocycles. The standard InChI is InChI=1S/C12H12N4S/c1-8-6-11(5-4-10(8)7-13)17-12-15-14-9(2)16(12)3/h4-6H,1-3H3. The van der Waals surface area contributed by atoms with Crippen LogP contribution in [0.25, 0.3) is 0 Å². The lowest BCUT2D eigenvalue weighted by atomic mass is 10.1. The molecular formula is C12H12N4S. The zero-order chi connectivity index (χ0) is 12.4. The fraction of sp³-hybridized carbons (Fsp3) is 0.250. The molecule has 17 heavy (non-hydrogen) atoms. The Labute approximate surface area is 104 Å². The van der Waals surface area contributed by atoms with Gasteiger partial charge in [-0.25, -0.2) is 0 Å². The molecule has 0 aliphatic carbocycles. The Morgan fingerprint density at radius 2 is 2.06 bits per heavy atom. The van der Waals surface area contributed by atoms with Crippen molar-refractivity contribution in [2.45, 2.75) is 23.9 Å². The molecule has 5 heteroatoms. The summed E-state index contributed by atoms with van der Waals surface area (Å²) in [5.41, 5.74) is 1.69. The zero-order valence-electron chi connectivity index (χ0n) is 9.93. The number of aryl methyl sites for hydroxylation is 2. The molecule has 0 spiro atoms. The first-order valence-corrected chi connectivity index (χ1v) is 5.98. The number of nitriles is 1. The summed E-state index contributed by atoms with van der Waals surface area (Å²) in [5.74, 6) is 0.887. The minimum atomic E-state index is 0.712. The Bertz CT molecular complexity index is 595. The van der Waals surface area contributed by atoms with E-state index in [2.05, 4.69) is 16.3 Å². The Morgan fingerprint density at radius 3 is 2.59 bits per heavy atom. The molecule has 0 bridgehead atoms. The highest BCUT2D eigenvalue weighted by atomic mass is 32.2. The predicted octanol–water partition coefficient (Wildman–Crippen LogP) is 2.45. The number of hydrogen-bond donors (Lipinski definition) is 0. The maximum atomic E-state index is 8.86. The van der Waals surface area contributed by atoms with Gasteiger partial charge in [-0.3, -0.25) is 0 Å². The second-order valence-electron chi connectivity index (χ2n) is 3.78. The number of nitrogens with zero attached hydrogens (tertiary/aromatic N) is 4. The number of hydrogen-bond acceptors (Lipinski definition) is 4. The molecule has 0 amide bonds. The number of aromatic nitrogens is 3. The van der Waals surface area contributed by atoms with Crippen molar-refractivity contribution in [3.05, 3.63) is 35.2 Å². The molecule has 0 fully saturated rings. The fourth-order valence-corrected chi connectivity index (χ4v) is 2.34. The lowest BCUT2D eigenvalue weighted by Crippen LogP contribution is -1.93. The molecule has 4 nitrogen and oxygen atoms in total. The van der Waals surface area contributed by atoms with E-state index in [1.165, 1.54) is 0 Å². The van der Waals surface area contributed by atoms with Crippen molar-refractivity contribution in [2.75, 3.05) is 0 Å². The van der Waals surface area contributed by atoms with Crippen molar-refractivity contribution in [1.82, 2.24) is 14.8 Å². The van der Waals surface area contributed by atoms with Crippen molar-refractivity contribution in [2.24, 2.45) is 7.05 Å². The van der Waals surface area contributed by atoms with Gasteiger partial charge in [0.15, 0.2) is 5.16 Å². The summed E-state index contributed by atoms with van der Waals surface area (Å²) >= 11 is 1.55. The van der Waals surface area contributed by atoms with Crippen LogP contribution in [0.15, 0.2) is 28.3 Å². The van der Waals surface area contributed by atoms with Crippen LogP contribution >= 0.6 is 11.8 Å². The van der Waals surface area contributed by atoms with E-state index in [4.69, 9.17) is 5.26 Å². The Hall–Kier alpha value is -1.80. The van der Waals surface area contributed by atoms with E-state index in [0.29, 0.717) is 5.56 Å². The monoisotopic (exact) mass is 244 g/mol. The Morgan fingerprint density at radius 1 is 1.29 bits per heavy atom. The first-order valence-electron chi connectivity index (χ1n) is 5.16. The van der Waals surface area contributed by atoms with Gasteiger partial charge in [0.2, 0.25) is 0 Å². The first-order chi connectivity index (χ1) is 8.11. The summed E-state index contributed by atoms with van der Waals surface area (Å²) in [7, 11) is 1.94. The molecule has 1 heterocycles. The molecule has 0 radical (unpaired) electrons. The molecule has 0 aliphatic rings. The summed E-state index contributed by atoms with van der Waals surface area (Å²) in [4.78, 5) is 1.07. The topological polar surface area (TPSA) is 54.5 Å². The maximum absolute atomic E-state index is 8.86. The summed E-state index contributed by atoms with van der Waals surface area (Å²) in [6.07, 6.45) is 0. The highest BCUT2D eigenvalue weighted by Crippen LogP contribution is 2.27. The van der Waals surface area contributed by atoms with Crippen LogP contribution in [0.2, 0.25) is 0 Å².